The van der Waals surface area contributed by atoms with Crippen molar-refractivity contribution in [3.63, 3.8) is 0 Å². The van der Waals surface area contributed by atoms with Gasteiger partial charge in [0, 0.05) is 19.0 Å². The lowest BCUT2D eigenvalue weighted by atomic mass is 10.0. The van der Waals surface area contributed by atoms with Crippen LogP contribution in [0.5, 0.6) is 0 Å². The fourth-order valence-electron chi connectivity index (χ4n) is 2.40. The Hall–Kier alpha value is -0.890. The molecule has 2 heteroatoms. The molecule has 19 heavy (non-hydrogen) atoms. The summed E-state index contributed by atoms with van der Waals surface area (Å²) in [6.07, 6.45) is 18.0. The Morgan fingerprint density at radius 3 is 1.68 bits per heavy atom. The molecule has 108 valence electrons. The fraction of sp³-hybridized carbons (Fsp3) is 0.706. The zero-order valence-electron chi connectivity index (χ0n) is 12.2. The third kappa shape index (κ3) is 9.66. The predicted molar refractivity (Wildman–Crippen MR) is 81.2 cm³/mol. The number of aliphatic hydroxyl groups excluding tert-OH is 1. The van der Waals surface area contributed by atoms with E-state index in [1.807, 2.05) is 12.4 Å². The van der Waals surface area contributed by atoms with Crippen molar-refractivity contribution in [1.29, 1.82) is 0 Å². The van der Waals surface area contributed by atoms with Crippen LogP contribution in [0.25, 0.3) is 0 Å². The molecule has 0 bridgehead atoms. The highest BCUT2D eigenvalue weighted by molar-refractivity contribution is 5.09. The van der Waals surface area contributed by atoms with Crippen LogP contribution in [0, 0.1) is 0 Å². The van der Waals surface area contributed by atoms with Crippen LogP contribution < -0.4 is 0 Å². The van der Waals surface area contributed by atoms with Gasteiger partial charge in [0.15, 0.2) is 0 Å². The highest BCUT2D eigenvalue weighted by Gasteiger charge is 1.94. The Bertz CT molecular complexity index is 287. The molecule has 2 nitrogen and oxygen atoms in total. The number of hydrogen-bond acceptors (Lipinski definition) is 2. The Labute approximate surface area is 118 Å². The van der Waals surface area contributed by atoms with Gasteiger partial charge in [-0.15, -0.1) is 0 Å². The zero-order chi connectivity index (χ0) is 13.6. The molecule has 1 N–H and O–H groups in total. The monoisotopic (exact) mass is 263 g/mol. The van der Waals surface area contributed by atoms with Crippen molar-refractivity contribution in [3.8, 4) is 0 Å². The van der Waals surface area contributed by atoms with Crippen LogP contribution in [0.3, 0.4) is 0 Å². The standard InChI is InChI=1S/C17H29NO/c19-16-10-8-6-4-2-1-3-5-7-9-11-17-12-14-18-15-13-17/h12-15,19H,1-11,16H2. The second-order valence-corrected chi connectivity index (χ2v) is 5.36. The average Bonchev–Trinajstić information content (AvgIpc) is 2.46. The van der Waals surface area contributed by atoms with E-state index in [9.17, 15) is 0 Å². The maximum Gasteiger partial charge on any atom is 0.0431 e. The molecule has 0 amide bonds. The van der Waals surface area contributed by atoms with Crippen molar-refractivity contribution in [2.75, 3.05) is 6.61 Å². The molecule has 0 fully saturated rings. The largest absolute Gasteiger partial charge is 0.396 e. The van der Waals surface area contributed by atoms with Gasteiger partial charge in [-0.2, -0.15) is 0 Å². The van der Waals surface area contributed by atoms with Gasteiger partial charge in [0.1, 0.15) is 0 Å². The third-order valence-electron chi connectivity index (χ3n) is 3.62. The highest BCUT2D eigenvalue weighted by Crippen LogP contribution is 2.12. The van der Waals surface area contributed by atoms with E-state index in [1.54, 1.807) is 0 Å². The van der Waals surface area contributed by atoms with E-state index >= 15 is 0 Å². The van der Waals surface area contributed by atoms with Gasteiger partial charge < -0.3 is 5.11 Å². The van der Waals surface area contributed by atoms with E-state index in [1.165, 1.54) is 69.8 Å². The number of aliphatic hydroxyl groups is 1. The Kier molecular flexibility index (Phi) is 10.3. The lowest BCUT2D eigenvalue weighted by Crippen LogP contribution is -1.87. The smallest absolute Gasteiger partial charge is 0.0431 e. The molecular weight excluding hydrogens is 234 g/mol. The molecule has 0 unspecified atom stereocenters. The summed E-state index contributed by atoms with van der Waals surface area (Å²) in [5, 5.41) is 8.67. The minimum absolute atomic E-state index is 0.359. The first kappa shape index (κ1) is 16.2. The molecule has 1 rings (SSSR count). The molecule has 0 saturated heterocycles. The summed E-state index contributed by atoms with van der Waals surface area (Å²) in [4.78, 5) is 4.04. The molecule has 1 heterocycles. The summed E-state index contributed by atoms with van der Waals surface area (Å²) in [5.74, 6) is 0. The fourth-order valence-corrected chi connectivity index (χ4v) is 2.40. The zero-order valence-corrected chi connectivity index (χ0v) is 12.2. The Morgan fingerprint density at radius 2 is 1.16 bits per heavy atom. The first-order valence-corrected chi connectivity index (χ1v) is 7.93. The summed E-state index contributed by atoms with van der Waals surface area (Å²) in [5.41, 5.74) is 1.42. The minimum Gasteiger partial charge on any atom is -0.396 e. The van der Waals surface area contributed by atoms with E-state index < -0.39 is 0 Å². The Balaban J connectivity index is 1.79. The number of nitrogens with zero attached hydrogens (tertiary/aromatic N) is 1. The minimum atomic E-state index is 0.359. The number of rotatable bonds is 12. The van der Waals surface area contributed by atoms with Crippen molar-refractivity contribution in [1.82, 2.24) is 4.98 Å². The maximum absolute atomic E-state index is 8.67. The van der Waals surface area contributed by atoms with Crippen LogP contribution in [0.15, 0.2) is 24.5 Å². The van der Waals surface area contributed by atoms with Crippen molar-refractivity contribution in [2.24, 2.45) is 0 Å². The highest BCUT2D eigenvalue weighted by atomic mass is 16.2. The van der Waals surface area contributed by atoms with Gasteiger partial charge in [-0.1, -0.05) is 51.4 Å². The predicted octanol–water partition coefficient (Wildman–Crippen LogP) is 4.52. The Morgan fingerprint density at radius 1 is 0.684 bits per heavy atom. The van der Waals surface area contributed by atoms with Crippen molar-refractivity contribution >= 4 is 0 Å². The van der Waals surface area contributed by atoms with E-state index in [-0.39, 0.29) is 0 Å². The lowest BCUT2D eigenvalue weighted by molar-refractivity contribution is 0.282. The van der Waals surface area contributed by atoms with Gasteiger partial charge in [0.05, 0.1) is 0 Å². The van der Waals surface area contributed by atoms with Gasteiger partial charge >= 0.3 is 0 Å². The van der Waals surface area contributed by atoms with E-state index in [2.05, 4.69) is 17.1 Å². The molecular formula is C17H29NO. The number of hydrogen-bond donors (Lipinski definition) is 1. The molecule has 0 saturated carbocycles. The first-order valence-electron chi connectivity index (χ1n) is 7.93. The van der Waals surface area contributed by atoms with Crippen molar-refractivity contribution in [2.45, 2.75) is 70.6 Å². The number of aromatic nitrogens is 1. The van der Waals surface area contributed by atoms with Crippen LogP contribution in [0.1, 0.15) is 69.8 Å². The van der Waals surface area contributed by atoms with Gasteiger partial charge in [0.2, 0.25) is 0 Å². The quantitative estimate of drug-likeness (QED) is 0.562. The molecule has 0 aliphatic carbocycles. The van der Waals surface area contributed by atoms with Gasteiger partial charge in [0.25, 0.3) is 0 Å². The van der Waals surface area contributed by atoms with E-state index in [4.69, 9.17) is 5.11 Å². The van der Waals surface area contributed by atoms with Crippen LogP contribution in [0.2, 0.25) is 0 Å². The number of unbranched alkanes of at least 4 members (excludes halogenated alkanes) is 9. The summed E-state index contributed by atoms with van der Waals surface area (Å²) < 4.78 is 0. The SMILES string of the molecule is OCCCCCCCCCCCCc1ccncc1. The summed E-state index contributed by atoms with van der Waals surface area (Å²) in [6, 6.07) is 4.23. The van der Waals surface area contributed by atoms with Crippen LogP contribution >= 0.6 is 0 Å². The topological polar surface area (TPSA) is 33.1 Å². The second kappa shape index (κ2) is 12.2. The average molecular weight is 263 g/mol. The number of aryl methyl sites for hydroxylation is 1. The van der Waals surface area contributed by atoms with Crippen molar-refractivity contribution < 1.29 is 5.11 Å². The molecule has 0 aliphatic heterocycles. The van der Waals surface area contributed by atoms with Crippen LogP contribution in [-0.2, 0) is 6.42 Å². The van der Waals surface area contributed by atoms with Gasteiger partial charge in [-0.05, 0) is 37.0 Å². The summed E-state index contributed by atoms with van der Waals surface area (Å²) >= 11 is 0. The van der Waals surface area contributed by atoms with E-state index in [0.29, 0.717) is 6.61 Å². The first-order chi connectivity index (χ1) is 9.43. The molecule has 1 aromatic heterocycles. The molecule has 1 aromatic rings. The second-order valence-electron chi connectivity index (χ2n) is 5.36. The summed E-state index contributed by atoms with van der Waals surface area (Å²) in [6.45, 7) is 0.359. The van der Waals surface area contributed by atoms with Gasteiger partial charge in [-0.3, -0.25) is 4.98 Å². The molecule has 0 aromatic carbocycles. The van der Waals surface area contributed by atoms with Gasteiger partial charge in [-0.25, -0.2) is 0 Å². The maximum atomic E-state index is 8.67. The van der Waals surface area contributed by atoms with Crippen molar-refractivity contribution in [3.05, 3.63) is 30.1 Å². The molecule has 0 spiro atoms. The number of pyridine rings is 1. The third-order valence-corrected chi connectivity index (χ3v) is 3.62. The summed E-state index contributed by atoms with van der Waals surface area (Å²) in [7, 11) is 0. The van der Waals surface area contributed by atoms with Crippen LogP contribution in [0.4, 0.5) is 0 Å². The molecule has 0 aliphatic rings. The van der Waals surface area contributed by atoms with Crippen LogP contribution in [-0.4, -0.2) is 16.7 Å². The lowest BCUT2D eigenvalue weighted by Gasteiger charge is -2.03. The van der Waals surface area contributed by atoms with E-state index in [0.717, 1.165) is 6.42 Å². The molecule has 0 radical (unpaired) electrons. The molecule has 0 atom stereocenters. The normalized spacial score (nSPS) is 10.8.